The molecule has 0 amide bonds. The SMILES string of the molecule is Cc1cccc(N=Cc2ccc(N3CCOCC3)o2)c1. The first-order valence-electron chi connectivity index (χ1n) is 6.84. The Morgan fingerprint density at radius 2 is 2.00 bits per heavy atom. The molecule has 2 aromatic rings. The summed E-state index contributed by atoms with van der Waals surface area (Å²) >= 11 is 0. The number of rotatable bonds is 3. The standard InChI is InChI=1S/C16H18N2O2/c1-13-3-2-4-14(11-13)17-12-15-5-6-16(20-15)18-7-9-19-10-8-18/h2-6,11-12H,7-10H2,1H3. The van der Waals surface area contributed by atoms with Crippen molar-refractivity contribution in [3.05, 3.63) is 47.7 Å². The van der Waals surface area contributed by atoms with Gasteiger partial charge in [0.05, 0.1) is 25.1 Å². The molecular formula is C16H18N2O2. The van der Waals surface area contributed by atoms with Crippen LogP contribution in [0.1, 0.15) is 11.3 Å². The third kappa shape index (κ3) is 3.08. The molecular weight excluding hydrogens is 252 g/mol. The molecule has 0 radical (unpaired) electrons. The van der Waals surface area contributed by atoms with E-state index in [1.165, 1.54) is 5.56 Å². The summed E-state index contributed by atoms with van der Waals surface area (Å²) in [6.07, 6.45) is 1.76. The highest BCUT2D eigenvalue weighted by molar-refractivity contribution is 5.79. The van der Waals surface area contributed by atoms with Gasteiger partial charge >= 0.3 is 0 Å². The van der Waals surface area contributed by atoms with Crippen LogP contribution in [-0.2, 0) is 4.74 Å². The van der Waals surface area contributed by atoms with Gasteiger partial charge in [-0.1, -0.05) is 12.1 Å². The molecule has 1 saturated heterocycles. The maximum absolute atomic E-state index is 5.80. The van der Waals surface area contributed by atoms with E-state index in [0.717, 1.165) is 43.6 Å². The quantitative estimate of drug-likeness (QED) is 0.804. The van der Waals surface area contributed by atoms with E-state index in [4.69, 9.17) is 9.15 Å². The second-order valence-corrected chi connectivity index (χ2v) is 4.87. The normalized spacial score (nSPS) is 15.9. The summed E-state index contributed by atoms with van der Waals surface area (Å²) in [6, 6.07) is 12.0. The van der Waals surface area contributed by atoms with E-state index in [-0.39, 0.29) is 0 Å². The van der Waals surface area contributed by atoms with Crippen molar-refractivity contribution in [1.29, 1.82) is 0 Å². The number of nitrogens with zero attached hydrogens (tertiary/aromatic N) is 2. The minimum Gasteiger partial charge on any atom is -0.440 e. The molecule has 0 saturated carbocycles. The molecule has 3 rings (SSSR count). The Bertz CT molecular complexity index is 598. The van der Waals surface area contributed by atoms with Crippen LogP contribution in [0.25, 0.3) is 0 Å². The number of ether oxygens (including phenoxy) is 1. The summed E-state index contributed by atoms with van der Waals surface area (Å²) in [7, 11) is 0. The van der Waals surface area contributed by atoms with Crippen LogP contribution in [0.2, 0.25) is 0 Å². The maximum Gasteiger partial charge on any atom is 0.196 e. The van der Waals surface area contributed by atoms with E-state index in [1.807, 2.05) is 30.3 Å². The number of benzene rings is 1. The van der Waals surface area contributed by atoms with Gasteiger partial charge in [0.15, 0.2) is 5.88 Å². The Labute approximate surface area is 118 Å². The zero-order valence-electron chi connectivity index (χ0n) is 11.6. The summed E-state index contributed by atoms with van der Waals surface area (Å²) in [5, 5.41) is 0. The van der Waals surface area contributed by atoms with E-state index in [9.17, 15) is 0 Å². The van der Waals surface area contributed by atoms with Gasteiger partial charge in [-0.15, -0.1) is 0 Å². The van der Waals surface area contributed by atoms with E-state index >= 15 is 0 Å². The van der Waals surface area contributed by atoms with Crippen molar-refractivity contribution in [2.24, 2.45) is 4.99 Å². The first-order valence-corrected chi connectivity index (χ1v) is 6.84. The van der Waals surface area contributed by atoms with Crippen LogP contribution in [0.3, 0.4) is 0 Å². The molecule has 4 heteroatoms. The number of hydrogen-bond donors (Lipinski definition) is 0. The number of hydrogen-bond acceptors (Lipinski definition) is 4. The minimum atomic E-state index is 0.757. The predicted octanol–water partition coefficient (Wildman–Crippen LogP) is 3.18. The highest BCUT2D eigenvalue weighted by atomic mass is 16.5. The molecule has 1 aliphatic rings. The zero-order valence-corrected chi connectivity index (χ0v) is 11.6. The monoisotopic (exact) mass is 270 g/mol. The number of aliphatic imine (C=N–C) groups is 1. The summed E-state index contributed by atoms with van der Waals surface area (Å²) in [5.41, 5.74) is 2.14. The van der Waals surface area contributed by atoms with Crippen LogP contribution in [0.15, 0.2) is 45.8 Å². The Hall–Kier alpha value is -2.07. The second-order valence-electron chi connectivity index (χ2n) is 4.87. The Morgan fingerprint density at radius 3 is 2.80 bits per heavy atom. The van der Waals surface area contributed by atoms with Crippen molar-refractivity contribution in [3.63, 3.8) is 0 Å². The Balaban J connectivity index is 1.70. The van der Waals surface area contributed by atoms with Crippen LogP contribution in [-0.4, -0.2) is 32.5 Å². The van der Waals surface area contributed by atoms with E-state index in [2.05, 4.69) is 22.9 Å². The fourth-order valence-electron chi connectivity index (χ4n) is 2.21. The van der Waals surface area contributed by atoms with Crippen LogP contribution < -0.4 is 4.90 Å². The molecule has 1 aliphatic heterocycles. The molecule has 1 fully saturated rings. The van der Waals surface area contributed by atoms with Gasteiger partial charge in [0.25, 0.3) is 0 Å². The number of morpholine rings is 1. The molecule has 1 aromatic heterocycles. The molecule has 1 aromatic carbocycles. The Kier molecular flexibility index (Phi) is 3.83. The highest BCUT2D eigenvalue weighted by Gasteiger charge is 2.13. The largest absolute Gasteiger partial charge is 0.440 e. The molecule has 0 unspecified atom stereocenters. The first-order chi connectivity index (χ1) is 9.81. The molecule has 4 nitrogen and oxygen atoms in total. The summed E-state index contributed by atoms with van der Waals surface area (Å²) in [6.45, 7) is 5.33. The van der Waals surface area contributed by atoms with Crippen LogP contribution in [0, 0.1) is 6.92 Å². The van der Waals surface area contributed by atoms with Crippen molar-refractivity contribution in [2.75, 3.05) is 31.2 Å². The lowest BCUT2D eigenvalue weighted by Crippen LogP contribution is -2.35. The second kappa shape index (κ2) is 5.92. The minimum absolute atomic E-state index is 0.757. The fraction of sp³-hybridized carbons (Fsp3) is 0.312. The molecule has 20 heavy (non-hydrogen) atoms. The van der Waals surface area contributed by atoms with Crippen molar-refractivity contribution in [1.82, 2.24) is 0 Å². The number of furan rings is 1. The molecule has 0 spiro atoms. The van der Waals surface area contributed by atoms with Gasteiger partial charge in [-0.05, 0) is 30.7 Å². The number of aryl methyl sites for hydroxylation is 1. The lowest BCUT2D eigenvalue weighted by molar-refractivity contribution is 0.120. The lowest BCUT2D eigenvalue weighted by Gasteiger charge is -2.26. The van der Waals surface area contributed by atoms with Gasteiger partial charge in [-0.25, -0.2) is 0 Å². The molecule has 104 valence electrons. The van der Waals surface area contributed by atoms with E-state index in [0.29, 0.717) is 0 Å². The van der Waals surface area contributed by atoms with Crippen LogP contribution in [0.4, 0.5) is 11.6 Å². The van der Waals surface area contributed by atoms with Gasteiger partial charge in [0.2, 0.25) is 0 Å². The van der Waals surface area contributed by atoms with Crippen molar-refractivity contribution in [2.45, 2.75) is 6.92 Å². The van der Waals surface area contributed by atoms with Gasteiger partial charge in [0.1, 0.15) is 5.76 Å². The third-order valence-electron chi connectivity index (χ3n) is 3.28. The van der Waals surface area contributed by atoms with E-state index < -0.39 is 0 Å². The molecule has 2 heterocycles. The van der Waals surface area contributed by atoms with Crippen LogP contribution >= 0.6 is 0 Å². The Morgan fingerprint density at radius 1 is 1.15 bits per heavy atom. The van der Waals surface area contributed by atoms with Crippen molar-refractivity contribution >= 4 is 17.8 Å². The number of anilines is 1. The maximum atomic E-state index is 5.80. The molecule has 0 atom stereocenters. The smallest absolute Gasteiger partial charge is 0.196 e. The molecule has 0 bridgehead atoms. The van der Waals surface area contributed by atoms with Gasteiger partial charge < -0.3 is 14.1 Å². The van der Waals surface area contributed by atoms with Crippen molar-refractivity contribution in [3.8, 4) is 0 Å². The lowest BCUT2D eigenvalue weighted by atomic mass is 10.2. The van der Waals surface area contributed by atoms with Gasteiger partial charge in [-0.3, -0.25) is 4.99 Å². The average molecular weight is 270 g/mol. The third-order valence-corrected chi connectivity index (χ3v) is 3.28. The summed E-state index contributed by atoms with van der Waals surface area (Å²) in [4.78, 5) is 6.62. The predicted molar refractivity (Wildman–Crippen MR) is 80.2 cm³/mol. The highest BCUT2D eigenvalue weighted by Crippen LogP contribution is 2.19. The van der Waals surface area contributed by atoms with Crippen molar-refractivity contribution < 1.29 is 9.15 Å². The summed E-state index contributed by atoms with van der Waals surface area (Å²) < 4.78 is 11.1. The topological polar surface area (TPSA) is 38.0 Å². The van der Waals surface area contributed by atoms with Crippen LogP contribution in [0.5, 0.6) is 0 Å². The fourth-order valence-corrected chi connectivity index (χ4v) is 2.21. The van der Waals surface area contributed by atoms with Gasteiger partial charge in [-0.2, -0.15) is 0 Å². The van der Waals surface area contributed by atoms with Gasteiger partial charge in [0, 0.05) is 19.2 Å². The van der Waals surface area contributed by atoms with E-state index in [1.54, 1.807) is 6.21 Å². The average Bonchev–Trinajstić information content (AvgIpc) is 2.95. The molecule has 0 aliphatic carbocycles. The summed E-state index contributed by atoms with van der Waals surface area (Å²) in [5.74, 6) is 1.66. The zero-order chi connectivity index (χ0) is 13.8. The molecule has 0 N–H and O–H groups in total. The first kappa shape index (κ1) is 12.9.